The van der Waals surface area contributed by atoms with E-state index in [1.165, 1.54) is 0 Å². The van der Waals surface area contributed by atoms with E-state index in [9.17, 15) is 4.79 Å². The molecule has 4 heteroatoms. The first-order chi connectivity index (χ1) is 5.75. The van der Waals surface area contributed by atoms with Crippen molar-refractivity contribution in [2.24, 2.45) is 10.8 Å². The SMILES string of the molecule is N=NC(C(N)=O)c1ccccc1. The topological polar surface area (TPSA) is 79.3 Å². The summed E-state index contributed by atoms with van der Waals surface area (Å²) in [6.45, 7) is 0. The fourth-order valence-corrected chi connectivity index (χ4v) is 0.938. The van der Waals surface area contributed by atoms with Gasteiger partial charge in [-0.05, 0) is 5.56 Å². The molecule has 0 aromatic heterocycles. The van der Waals surface area contributed by atoms with E-state index in [4.69, 9.17) is 11.3 Å². The zero-order valence-electron chi connectivity index (χ0n) is 6.40. The van der Waals surface area contributed by atoms with Crippen LogP contribution >= 0.6 is 0 Å². The number of carbonyl (C=O) groups is 1. The van der Waals surface area contributed by atoms with Crippen molar-refractivity contribution in [3.8, 4) is 0 Å². The summed E-state index contributed by atoms with van der Waals surface area (Å²) in [7, 11) is 0. The Morgan fingerprint density at radius 2 is 2.00 bits per heavy atom. The number of carbonyl (C=O) groups excluding carboxylic acids is 1. The van der Waals surface area contributed by atoms with E-state index in [1.54, 1.807) is 24.3 Å². The summed E-state index contributed by atoms with van der Waals surface area (Å²) < 4.78 is 0. The van der Waals surface area contributed by atoms with Crippen LogP contribution in [-0.4, -0.2) is 5.91 Å². The average molecular weight is 163 g/mol. The molecule has 0 heterocycles. The van der Waals surface area contributed by atoms with Crippen molar-refractivity contribution >= 4 is 5.91 Å². The number of hydrogen-bond donors (Lipinski definition) is 2. The highest BCUT2D eigenvalue weighted by atomic mass is 16.1. The van der Waals surface area contributed by atoms with Crippen molar-refractivity contribution < 1.29 is 4.79 Å². The van der Waals surface area contributed by atoms with Gasteiger partial charge in [0.25, 0.3) is 0 Å². The maximum atomic E-state index is 10.7. The zero-order valence-corrected chi connectivity index (χ0v) is 6.40. The molecule has 1 unspecified atom stereocenters. The Kier molecular flexibility index (Phi) is 2.53. The average Bonchev–Trinajstić information content (AvgIpc) is 2.07. The molecule has 0 spiro atoms. The van der Waals surface area contributed by atoms with Crippen LogP contribution in [0.15, 0.2) is 35.4 Å². The minimum Gasteiger partial charge on any atom is -0.367 e. The number of nitrogens with one attached hydrogen (secondary N) is 1. The second-order valence-electron chi connectivity index (χ2n) is 2.34. The Balaban J connectivity index is 2.95. The number of rotatable bonds is 3. The lowest BCUT2D eigenvalue weighted by Gasteiger charge is -2.04. The van der Waals surface area contributed by atoms with Crippen LogP contribution in [0.1, 0.15) is 11.6 Å². The molecule has 1 amide bonds. The normalized spacial score (nSPS) is 12.0. The monoisotopic (exact) mass is 163 g/mol. The van der Waals surface area contributed by atoms with E-state index in [0.29, 0.717) is 5.56 Å². The number of primary amides is 1. The molecule has 1 rings (SSSR count). The van der Waals surface area contributed by atoms with Gasteiger partial charge >= 0.3 is 0 Å². The van der Waals surface area contributed by atoms with Crippen LogP contribution in [0.4, 0.5) is 0 Å². The van der Waals surface area contributed by atoms with Crippen molar-refractivity contribution in [1.29, 1.82) is 5.53 Å². The van der Waals surface area contributed by atoms with E-state index >= 15 is 0 Å². The molecule has 3 N–H and O–H groups in total. The van der Waals surface area contributed by atoms with Crippen molar-refractivity contribution in [3.63, 3.8) is 0 Å². The van der Waals surface area contributed by atoms with Gasteiger partial charge in [0.15, 0.2) is 6.04 Å². The first kappa shape index (κ1) is 8.39. The minimum atomic E-state index is -0.841. The maximum Gasteiger partial charge on any atom is 0.248 e. The highest BCUT2D eigenvalue weighted by molar-refractivity contribution is 5.81. The second kappa shape index (κ2) is 3.61. The summed E-state index contributed by atoms with van der Waals surface area (Å²) >= 11 is 0. The molecule has 1 atom stereocenters. The molecular weight excluding hydrogens is 154 g/mol. The molecular formula is C8H9N3O. The van der Waals surface area contributed by atoms with Crippen LogP contribution in [0.25, 0.3) is 0 Å². The van der Waals surface area contributed by atoms with E-state index in [0.717, 1.165) is 0 Å². The van der Waals surface area contributed by atoms with Gasteiger partial charge in [0, 0.05) is 0 Å². The fraction of sp³-hybridized carbons (Fsp3) is 0.125. The van der Waals surface area contributed by atoms with Gasteiger partial charge in [0.2, 0.25) is 5.91 Å². The van der Waals surface area contributed by atoms with Gasteiger partial charge in [-0.3, -0.25) is 4.79 Å². The maximum absolute atomic E-state index is 10.7. The number of benzene rings is 1. The molecule has 62 valence electrons. The molecule has 0 aliphatic heterocycles. The van der Waals surface area contributed by atoms with Crippen molar-refractivity contribution in [2.45, 2.75) is 6.04 Å². The predicted molar refractivity (Wildman–Crippen MR) is 43.5 cm³/mol. The molecule has 1 aromatic rings. The molecule has 0 fully saturated rings. The van der Waals surface area contributed by atoms with Crippen molar-refractivity contribution in [2.75, 3.05) is 0 Å². The van der Waals surface area contributed by atoms with E-state index in [1.807, 2.05) is 6.07 Å². The summed E-state index contributed by atoms with van der Waals surface area (Å²) in [6.07, 6.45) is 0. The quantitative estimate of drug-likeness (QED) is 0.646. The summed E-state index contributed by atoms with van der Waals surface area (Å²) in [4.78, 5) is 10.7. The number of hydrogen-bond acceptors (Lipinski definition) is 3. The van der Waals surface area contributed by atoms with Crippen molar-refractivity contribution in [1.82, 2.24) is 0 Å². The van der Waals surface area contributed by atoms with Gasteiger partial charge in [-0.25, -0.2) is 5.53 Å². The summed E-state index contributed by atoms with van der Waals surface area (Å²) in [6, 6.07) is 7.96. The van der Waals surface area contributed by atoms with Crippen LogP contribution in [-0.2, 0) is 4.79 Å². The highest BCUT2D eigenvalue weighted by Gasteiger charge is 2.14. The van der Waals surface area contributed by atoms with Gasteiger partial charge in [-0.15, -0.1) is 0 Å². The summed E-state index contributed by atoms with van der Waals surface area (Å²) in [5.74, 6) is -0.601. The third-order valence-electron chi connectivity index (χ3n) is 1.51. The Morgan fingerprint density at radius 3 is 2.42 bits per heavy atom. The summed E-state index contributed by atoms with van der Waals surface area (Å²) in [5.41, 5.74) is 12.4. The lowest BCUT2D eigenvalue weighted by molar-refractivity contribution is -0.119. The second-order valence-corrected chi connectivity index (χ2v) is 2.34. The predicted octanol–water partition coefficient (Wildman–Crippen LogP) is 1.24. The number of amides is 1. The fourth-order valence-electron chi connectivity index (χ4n) is 0.938. The minimum absolute atomic E-state index is 0.601. The van der Waals surface area contributed by atoms with Crippen LogP contribution in [0, 0.1) is 5.53 Å². The lowest BCUT2D eigenvalue weighted by Crippen LogP contribution is -2.19. The summed E-state index contributed by atoms with van der Waals surface area (Å²) in [5, 5.41) is 3.13. The first-order valence-corrected chi connectivity index (χ1v) is 3.46. The van der Waals surface area contributed by atoms with Crippen LogP contribution < -0.4 is 5.73 Å². The van der Waals surface area contributed by atoms with Crippen LogP contribution in [0.2, 0.25) is 0 Å². The largest absolute Gasteiger partial charge is 0.367 e. The Morgan fingerprint density at radius 1 is 1.42 bits per heavy atom. The van der Waals surface area contributed by atoms with Crippen molar-refractivity contribution in [3.05, 3.63) is 35.9 Å². The number of nitrogens with two attached hydrogens (primary N) is 1. The molecule has 12 heavy (non-hydrogen) atoms. The highest BCUT2D eigenvalue weighted by Crippen LogP contribution is 2.15. The Hall–Kier alpha value is -1.71. The lowest BCUT2D eigenvalue weighted by atomic mass is 10.1. The number of nitrogens with zero attached hydrogens (tertiary/aromatic N) is 1. The van der Waals surface area contributed by atoms with Gasteiger partial charge in [-0.2, -0.15) is 5.11 Å². The molecule has 0 aliphatic carbocycles. The zero-order chi connectivity index (χ0) is 8.97. The molecule has 0 saturated heterocycles. The van der Waals surface area contributed by atoms with Gasteiger partial charge in [0.1, 0.15) is 0 Å². The van der Waals surface area contributed by atoms with E-state index < -0.39 is 11.9 Å². The van der Waals surface area contributed by atoms with Crippen LogP contribution in [0.3, 0.4) is 0 Å². The van der Waals surface area contributed by atoms with Gasteiger partial charge in [-0.1, -0.05) is 30.3 Å². The molecule has 0 bridgehead atoms. The first-order valence-electron chi connectivity index (χ1n) is 3.46. The van der Waals surface area contributed by atoms with Crippen LogP contribution in [0.5, 0.6) is 0 Å². The van der Waals surface area contributed by atoms with E-state index in [2.05, 4.69) is 5.11 Å². The van der Waals surface area contributed by atoms with Gasteiger partial charge < -0.3 is 5.73 Å². The third kappa shape index (κ3) is 1.66. The smallest absolute Gasteiger partial charge is 0.248 e. The molecule has 0 radical (unpaired) electrons. The molecule has 1 aromatic carbocycles. The molecule has 0 aliphatic rings. The molecule has 0 saturated carbocycles. The Labute approximate surface area is 69.9 Å². The van der Waals surface area contributed by atoms with E-state index in [-0.39, 0.29) is 0 Å². The Bertz CT molecular complexity index is 284. The standard InChI is InChI=1S/C8H9N3O/c9-8(12)7(11-10)6-4-2-1-3-5-6/h1-5,7,10H,(H2,9,12). The molecule has 4 nitrogen and oxygen atoms in total. The third-order valence-corrected chi connectivity index (χ3v) is 1.51. The van der Waals surface area contributed by atoms with Gasteiger partial charge in [0.05, 0.1) is 0 Å².